The zero-order valence-corrected chi connectivity index (χ0v) is 13.5. The minimum absolute atomic E-state index is 0.322. The number of benzene rings is 3. The number of carboxylic acids is 1. The fourth-order valence-corrected chi connectivity index (χ4v) is 3.48. The van der Waals surface area contributed by atoms with Crippen LogP contribution < -0.4 is 4.74 Å². The summed E-state index contributed by atoms with van der Waals surface area (Å²) in [7, 11) is 0. The number of aryl methyl sites for hydroxylation is 1. The molecule has 0 fully saturated rings. The maximum Gasteiger partial charge on any atom is 0.306 e. The van der Waals surface area contributed by atoms with E-state index >= 15 is 0 Å². The number of ether oxygens (including phenoxy) is 1. The van der Waals surface area contributed by atoms with Gasteiger partial charge >= 0.3 is 5.97 Å². The van der Waals surface area contributed by atoms with Crippen molar-refractivity contribution in [2.45, 2.75) is 19.3 Å². The summed E-state index contributed by atoms with van der Waals surface area (Å²) in [5.41, 5.74) is 2.16. The summed E-state index contributed by atoms with van der Waals surface area (Å²) in [6.45, 7) is 0. The molecule has 0 radical (unpaired) electrons. The third kappa shape index (κ3) is 2.95. The first-order valence-electron chi connectivity index (χ1n) is 8.31. The lowest BCUT2D eigenvalue weighted by Gasteiger charge is -2.22. The highest BCUT2D eigenvalue weighted by atomic mass is 19.1. The summed E-state index contributed by atoms with van der Waals surface area (Å²) < 4.78 is 20.2. The summed E-state index contributed by atoms with van der Waals surface area (Å²) in [6, 6.07) is 16.1. The van der Waals surface area contributed by atoms with Gasteiger partial charge in [0.05, 0.1) is 11.3 Å². The Hall–Kier alpha value is -2.88. The molecule has 0 bridgehead atoms. The molecule has 1 atom stereocenters. The zero-order chi connectivity index (χ0) is 17.4. The van der Waals surface area contributed by atoms with Gasteiger partial charge in [-0.1, -0.05) is 30.3 Å². The van der Waals surface area contributed by atoms with Crippen LogP contribution >= 0.6 is 0 Å². The van der Waals surface area contributed by atoms with Gasteiger partial charge in [-0.05, 0) is 60.0 Å². The summed E-state index contributed by atoms with van der Waals surface area (Å²) in [5, 5.41) is 10.5. The molecule has 4 rings (SSSR count). The predicted octanol–water partition coefficient (Wildman–Crippen LogP) is 4.96. The SMILES string of the molecule is O=C(O)C1CCc2ccc(Oc3cccc4cccc(F)c34)cc2C1. The van der Waals surface area contributed by atoms with E-state index < -0.39 is 5.97 Å². The molecule has 3 nitrogen and oxygen atoms in total. The van der Waals surface area contributed by atoms with Gasteiger partial charge in [-0.25, -0.2) is 4.39 Å². The van der Waals surface area contributed by atoms with Crippen molar-refractivity contribution in [3.05, 3.63) is 71.5 Å². The van der Waals surface area contributed by atoms with Crippen LogP contribution in [0.25, 0.3) is 10.8 Å². The van der Waals surface area contributed by atoms with E-state index in [-0.39, 0.29) is 11.7 Å². The van der Waals surface area contributed by atoms with E-state index in [1.807, 2.05) is 36.4 Å². The van der Waals surface area contributed by atoms with Crippen molar-refractivity contribution in [2.24, 2.45) is 5.92 Å². The second-order valence-corrected chi connectivity index (χ2v) is 6.40. The zero-order valence-electron chi connectivity index (χ0n) is 13.5. The van der Waals surface area contributed by atoms with Crippen LogP contribution in [0, 0.1) is 11.7 Å². The minimum atomic E-state index is -0.756. The molecule has 0 saturated carbocycles. The first-order chi connectivity index (χ1) is 12.1. The Morgan fingerprint density at radius 3 is 2.68 bits per heavy atom. The van der Waals surface area contributed by atoms with Gasteiger partial charge in [0.1, 0.15) is 17.3 Å². The molecule has 0 spiro atoms. The van der Waals surface area contributed by atoms with E-state index in [4.69, 9.17) is 4.74 Å². The Morgan fingerprint density at radius 1 is 1.08 bits per heavy atom. The second kappa shape index (κ2) is 6.20. The predicted molar refractivity (Wildman–Crippen MR) is 93.6 cm³/mol. The highest BCUT2D eigenvalue weighted by Crippen LogP contribution is 2.34. The molecule has 1 aliphatic rings. The van der Waals surface area contributed by atoms with Crippen LogP contribution in [0.15, 0.2) is 54.6 Å². The lowest BCUT2D eigenvalue weighted by atomic mass is 9.84. The Morgan fingerprint density at radius 2 is 1.88 bits per heavy atom. The molecule has 3 aromatic rings. The second-order valence-electron chi connectivity index (χ2n) is 6.40. The van der Waals surface area contributed by atoms with Crippen molar-refractivity contribution in [1.29, 1.82) is 0 Å². The average Bonchev–Trinajstić information content (AvgIpc) is 2.61. The minimum Gasteiger partial charge on any atom is -0.481 e. The molecule has 1 N–H and O–H groups in total. The molecule has 4 heteroatoms. The van der Waals surface area contributed by atoms with Crippen LogP contribution in [-0.2, 0) is 17.6 Å². The summed E-state index contributed by atoms with van der Waals surface area (Å²) in [4.78, 5) is 11.3. The van der Waals surface area contributed by atoms with Crippen molar-refractivity contribution in [2.75, 3.05) is 0 Å². The number of rotatable bonds is 3. The van der Waals surface area contributed by atoms with E-state index in [2.05, 4.69) is 0 Å². The smallest absolute Gasteiger partial charge is 0.306 e. The number of fused-ring (bicyclic) bond motifs is 2. The van der Waals surface area contributed by atoms with Crippen LogP contribution in [0.1, 0.15) is 17.5 Å². The Labute approximate surface area is 144 Å². The lowest BCUT2D eigenvalue weighted by Crippen LogP contribution is -2.22. The van der Waals surface area contributed by atoms with Gasteiger partial charge in [-0.3, -0.25) is 4.79 Å². The number of carbonyl (C=O) groups is 1. The molecule has 1 unspecified atom stereocenters. The fraction of sp³-hybridized carbons (Fsp3) is 0.190. The summed E-state index contributed by atoms with van der Waals surface area (Å²) in [5.74, 6) is -0.371. The van der Waals surface area contributed by atoms with Gasteiger partial charge < -0.3 is 9.84 Å². The van der Waals surface area contributed by atoms with E-state index in [9.17, 15) is 14.3 Å². The maximum absolute atomic E-state index is 14.2. The third-order valence-electron chi connectivity index (χ3n) is 4.80. The number of hydrogen-bond donors (Lipinski definition) is 1. The Balaban J connectivity index is 1.69. The standard InChI is InChI=1S/C21H17FO3/c22-18-5-1-3-14-4-2-6-19(20(14)18)25-17-10-9-13-7-8-15(21(23)24)11-16(13)12-17/h1-6,9-10,12,15H,7-8,11H2,(H,23,24). The maximum atomic E-state index is 14.2. The number of carboxylic acid groups (broad SMARTS) is 1. The van der Waals surface area contributed by atoms with Gasteiger partial charge in [0.2, 0.25) is 0 Å². The van der Waals surface area contributed by atoms with Gasteiger partial charge in [-0.15, -0.1) is 0 Å². The topological polar surface area (TPSA) is 46.5 Å². The monoisotopic (exact) mass is 336 g/mol. The molecule has 0 aromatic heterocycles. The molecule has 0 heterocycles. The lowest BCUT2D eigenvalue weighted by molar-refractivity contribution is -0.142. The van der Waals surface area contributed by atoms with Gasteiger partial charge in [0, 0.05) is 0 Å². The van der Waals surface area contributed by atoms with Crippen molar-refractivity contribution >= 4 is 16.7 Å². The van der Waals surface area contributed by atoms with Crippen LogP contribution in [0.5, 0.6) is 11.5 Å². The number of halogens is 1. The quantitative estimate of drug-likeness (QED) is 0.735. The van der Waals surface area contributed by atoms with Crippen LogP contribution in [0.2, 0.25) is 0 Å². The molecule has 3 aromatic carbocycles. The van der Waals surface area contributed by atoms with Crippen molar-refractivity contribution < 1.29 is 19.0 Å². The van der Waals surface area contributed by atoms with E-state index in [1.165, 1.54) is 6.07 Å². The van der Waals surface area contributed by atoms with Gasteiger partial charge in [-0.2, -0.15) is 0 Å². The molecule has 0 saturated heterocycles. The van der Waals surface area contributed by atoms with E-state index in [0.717, 1.165) is 22.9 Å². The molecule has 25 heavy (non-hydrogen) atoms. The molecule has 126 valence electrons. The molecule has 1 aliphatic carbocycles. The first-order valence-corrected chi connectivity index (χ1v) is 8.31. The van der Waals surface area contributed by atoms with Crippen LogP contribution in [0.4, 0.5) is 4.39 Å². The van der Waals surface area contributed by atoms with Gasteiger partial charge in [0.15, 0.2) is 0 Å². The molecular weight excluding hydrogens is 319 g/mol. The van der Waals surface area contributed by atoms with E-state index in [0.29, 0.717) is 29.7 Å². The van der Waals surface area contributed by atoms with Crippen molar-refractivity contribution in [3.63, 3.8) is 0 Å². The van der Waals surface area contributed by atoms with Crippen molar-refractivity contribution in [3.8, 4) is 11.5 Å². The Kier molecular flexibility index (Phi) is 3.88. The third-order valence-corrected chi connectivity index (χ3v) is 4.80. The fourth-order valence-electron chi connectivity index (χ4n) is 3.48. The normalized spacial score (nSPS) is 16.4. The number of hydrogen-bond acceptors (Lipinski definition) is 2. The molecule has 0 aliphatic heterocycles. The average molecular weight is 336 g/mol. The summed E-state index contributed by atoms with van der Waals surface area (Å²) >= 11 is 0. The van der Waals surface area contributed by atoms with Gasteiger partial charge in [0.25, 0.3) is 0 Å². The highest BCUT2D eigenvalue weighted by molar-refractivity contribution is 5.89. The van der Waals surface area contributed by atoms with Crippen LogP contribution in [-0.4, -0.2) is 11.1 Å². The largest absolute Gasteiger partial charge is 0.481 e. The van der Waals surface area contributed by atoms with Crippen molar-refractivity contribution in [1.82, 2.24) is 0 Å². The highest BCUT2D eigenvalue weighted by Gasteiger charge is 2.24. The summed E-state index contributed by atoms with van der Waals surface area (Å²) in [6.07, 6.45) is 1.93. The molecular formula is C21H17FO3. The molecule has 0 amide bonds. The first kappa shape index (κ1) is 15.6. The van der Waals surface area contributed by atoms with E-state index in [1.54, 1.807) is 12.1 Å². The Bertz CT molecular complexity index is 959. The van der Waals surface area contributed by atoms with Crippen LogP contribution in [0.3, 0.4) is 0 Å². The number of aliphatic carboxylic acids is 1.